The average Bonchev–Trinajstić information content (AvgIpc) is 3.26. The maximum atomic E-state index is 14.1. The highest BCUT2D eigenvalue weighted by Crippen LogP contribution is 2.38. The van der Waals surface area contributed by atoms with E-state index in [1.807, 2.05) is 6.92 Å². The highest BCUT2D eigenvalue weighted by atomic mass is 35.5. The molecule has 0 bridgehead atoms. The smallest absolute Gasteiger partial charge is 0.338 e. The number of rotatable bonds is 10. The normalized spacial score (nSPS) is 14.9. The molecule has 0 aliphatic carbocycles. The second-order valence-corrected chi connectivity index (χ2v) is 10.2. The van der Waals surface area contributed by atoms with Crippen LogP contribution in [0.5, 0.6) is 23.0 Å². The molecule has 2 aromatic carbocycles. The topological polar surface area (TPSA) is 97.6 Å². The molecular formula is C29H31ClN2O7S. The van der Waals surface area contributed by atoms with Crippen LogP contribution in [-0.4, -0.2) is 45.6 Å². The van der Waals surface area contributed by atoms with Crippen molar-refractivity contribution in [2.45, 2.75) is 32.7 Å². The van der Waals surface area contributed by atoms with Gasteiger partial charge in [-0.2, -0.15) is 0 Å². The summed E-state index contributed by atoms with van der Waals surface area (Å²) in [7, 11) is 6.13. The SMILES string of the molecule is CCCC1=C(C(=O)OCC)[C@@H](c2cc(Cl)ccc2OC)n2c(s/c(=C/c3cc(OC)c(OC)cc3OC)c2=O)=N1. The summed E-state index contributed by atoms with van der Waals surface area (Å²) in [6.07, 6.45) is 2.96. The molecule has 1 aliphatic rings. The molecule has 2 heterocycles. The number of methoxy groups -OCH3 is 4. The molecule has 212 valence electrons. The maximum Gasteiger partial charge on any atom is 0.338 e. The Kier molecular flexibility index (Phi) is 9.21. The van der Waals surface area contributed by atoms with E-state index in [1.165, 1.54) is 44.3 Å². The molecule has 0 radical (unpaired) electrons. The second kappa shape index (κ2) is 12.6. The van der Waals surface area contributed by atoms with Crippen LogP contribution in [0.1, 0.15) is 43.9 Å². The molecule has 0 fully saturated rings. The minimum Gasteiger partial charge on any atom is -0.496 e. The molecule has 1 aromatic heterocycles. The Bertz CT molecular complexity index is 1640. The summed E-state index contributed by atoms with van der Waals surface area (Å²) in [6.45, 7) is 3.91. The first kappa shape index (κ1) is 29.2. The van der Waals surface area contributed by atoms with Gasteiger partial charge < -0.3 is 23.7 Å². The first-order chi connectivity index (χ1) is 19.3. The standard InChI is InChI=1S/C29H31ClN2O7S/c1-7-9-19-25(28(34)39-8-2)26(18-14-17(30)10-11-20(18)35-3)32-27(33)24(40-29(32)31-19)13-16-12-22(37-5)23(38-6)15-21(16)36-4/h10-15,26H,7-9H2,1-6H3/b24-13+/t26-/m1/s1. The largest absolute Gasteiger partial charge is 0.496 e. The van der Waals surface area contributed by atoms with Gasteiger partial charge in [0.2, 0.25) is 0 Å². The summed E-state index contributed by atoms with van der Waals surface area (Å²) < 4.78 is 29.4. The number of allylic oxidation sites excluding steroid dienone is 1. The first-order valence-electron chi connectivity index (χ1n) is 12.7. The van der Waals surface area contributed by atoms with Gasteiger partial charge in [0.1, 0.15) is 17.5 Å². The van der Waals surface area contributed by atoms with E-state index in [1.54, 1.807) is 43.3 Å². The van der Waals surface area contributed by atoms with Crippen molar-refractivity contribution in [3.8, 4) is 23.0 Å². The van der Waals surface area contributed by atoms with Crippen LogP contribution >= 0.6 is 22.9 Å². The van der Waals surface area contributed by atoms with Crippen LogP contribution < -0.4 is 33.8 Å². The van der Waals surface area contributed by atoms with Gasteiger partial charge in [-0.15, -0.1) is 0 Å². The van der Waals surface area contributed by atoms with E-state index in [0.29, 0.717) is 60.6 Å². The third kappa shape index (κ3) is 5.46. The van der Waals surface area contributed by atoms with Crippen LogP contribution in [0.4, 0.5) is 0 Å². The van der Waals surface area contributed by atoms with Crippen LogP contribution in [0.3, 0.4) is 0 Å². The van der Waals surface area contributed by atoms with Crippen molar-refractivity contribution < 1.29 is 28.5 Å². The molecule has 3 aromatic rings. The van der Waals surface area contributed by atoms with Crippen molar-refractivity contribution in [2.24, 2.45) is 4.99 Å². The lowest BCUT2D eigenvalue weighted by molar-refractivity contribution is -0.139. The minimum atomic E-state index is -0.861. The van der Waals surface area contributed by atoms with Gasteiger partial charge in [0, 0.05) is 22.2 Å². The van der Waals surface area contributed by atoms with Crippen molar-refractivity contribution in [3.05, 3.63) is 77.4 Å². The summed E-state index contributed by atoms with van der Waals surface area (Å²) in [4.78, 5) is 32.7. The number of ether oxygens (including phenoxy) is 5. The molecule has 0 unspecified atom stereocenters. The predicted molar refractivity (Wildman–Crippen MR) is 154 cm³/mol. The number of thiazole rings is 1. The zero-order chi connectivity index (χ0) is 29.0. The molecule has 40 heavy (non-hydrogen) atoms. The van der Waals surface area contributed by atoms with Crippen molar-refractivity contribution in [2.75, 3.05) is 35.0 Å². The Hall–Kier alpha value is -3.76. The number of carbonyl (C=O) groups excluding carboxylic acids is 1. The van der Waals surface area contributed by atoms with E-state index in [2.05, 4.69) is 0 Å². The molecule has 0 N–H and O–H groups in total. The molecule has 1 atom stereocenters. The number of halogens is 1. The lowest BCUT2D eigenvalue weighted by Gasteiger charge is -2.27. The third-order valence-corrected chi connectivity index (χ3v) is 7.62. The highest BCUT2D eigenvalue weighted by Gasteiger charge is 2.36. The maximum absolute atomic E-state index is 14.1. The van der Waals surface area contributed by atoms with Gasteiger partial charge in [0.15, 0.2) is 16.3 Å². The zero-order valence-corrected chi connectivity index (χ0v) is 24.8. The number of fused-ring (bicyclic) bond motifs is 1. The van der Waals surface area contributed by atoms with E-state index in [-0.39, 0.29) is 17.7 Å². The number of carbonyl (C=O) groups is 1. The predicted octanol–water partition coefficient (Wildman–Crippen LogP) is 4.27. The number of hydrogen-bond acceptors (Lipinski definition) is 9. The second-order valence-electron chi connectivity index (χ2n) is 8.75. The van der Waals surface area contributed by atoms with Crippen LogP contribution in [0.25, 0.3) is 6.08 Å². The number of hydrogen-bond donors (Lipinski definition) is 0. The number of nitrogens with zero attached hydrogens (tertiary/aromatic N) is 2. The third-order valence-electron chi connectivity index (χ3n) is 6.40. The van der Waals surface area contributed by atoms with Crippen LogP contribution in [-0.2, 0) is 9.53 Å². The van der Waals surface area contributed by atoms with Crippen LogP contribution in [0, 0.1) is 0 Å². The van der Waals surface area contributed by atoms with Gasteiger partial charge in [0.05, 0.1) is 50.8 Å². The summed E-state index contributed by atoms with van der Waals surface area (Å²) in [5, 5.41) is 0.435. The van der Waals surface area contributed by atoms with E-state index in [0.717, 1.165) is 6.42 Å². The molecule has 0 saturated heterocycles. The number of aromatic nitrogens is 1. The average molecular weight is 587 g/mol. The van der Waals surface area contributed by atoms with Crippen LogP contribution in [0.2, 0.25) is 5.02 Å². The molecule has 0 amide bonds. The Balaban J connectivity index is 2.06. The van der Waals surface area contributed by atoms with Gasteiger partial charge >= 0.3 is 5.97 Å². The van der Waals surface area contributed by atoms with Crippen molar-refractivity contribution in [1.29, 1.82) is 0 Å². The lowest BCUT2D eigenvalue weighted by Crippen LogP contribution is -2.40. The fourth-order valence-corrected chi connectivity index (χ4v) is 5.83. The van der Waals surface area contributed by atoms with Crippen molar-refractivity contribution in [3.63, 3.8) is 0 Å². The first-order valence-corrected chi connectivity index (χ1v) is 13.9. The molecule has 9 nitrogen and oxygen atoms in total. The highest BCUT2D eigenvalue weighted by molar-refractivity contribution is 7.07. The van der Waals surface area contributed by atoms with Gasteiger partial charge in [-0.1, -0.05) is 36.3 Å². The van der Waals surface area contributed by atoms with Crippen molar-refractivity contribution in [1.82, 2.24) is 4.57 Å². The fourth-order valence-electron chi connectivity index (χ4n) is 4.64. The van der Waals surface area contributed by atoms with E-state index in [4.69, 9.17) is 40.3 Å². The summed E-state index contributed by atoms with van der Waals surface area (Å²) in [5.41, 5.74) is 1.67. The van der Waals surface area contributed by atoms with Crippen molar-refractivity contribution >= 4 is 35.0 Å². The minimum absolute atomic E-state index is 0.171. The summed E-state index contributed by atoms with van der Waals surface area (Å²) in [5.74, 6) is 1.41. The van der Waals surface area contributed by atoms with E-state index >= 15 is 0 Å². The molecule has 1 aliphatic heterocycles. The Morgan fingerprint density at radius 3 is 2.30 bits per heavy atom. The summed E-state index contributed by atoms with van der Waals surface area (Å²) in [6, 6.07) is 7.68. The molecule has 11 heteroatoms. The van der Waals surface area contributed by atoms with Gasteiger partial charge in [0.25, 0.3) is 5.56 Å². The fraction of sp³-hybridized carbons (Fsp3) is 0.345. The Labute approximate surface area is 240 Å². The van der Waals surface area contributed by atoms with Gasteiger partial charge in [-0.25, -0.2) is 9.79 Å². The monoisotopic (exact) mass is 586 g/mol. The number of esters is 1. The van der Waals surface area contributed by atoms with Gasteiger partial charge in [-0.3, -0.25) is 9.36 Å². The molecule has 0 saturated carbocycles. The lowest BCUT2D eigenvalue weighted by atomic mass is 9.93. The molecule has 4 rings (SSSR count). The van der Waals surface area contributed by atoms with Gasteiger partial charge in [-0.05, 0) is 43.7 Å². The quantitative estimate of drug-likeness (QED) is 0.327. The molecule has 0 spiro atoms. The van der Waals surface area contributed by atoms with E-state index in [9.17, 15) is 9.59 Å². The summed E-state index contributed by atoms with van der Waals surface area (Å²) >= 11 is 7.62. The Morgan fingerprint density at radius 1 is 1.00 bits per heavy atom. The van der Waals surface area contributed by atoms with E-state index < -0.39 is 12.0 Å². The number of benzene rings is 2. The Morgan fingerprint density at radius 2 is 1.68 bits per heavy atom. The zero-order valence-electron chi connectivity index (χ0n) is 23.2. The molecular weight excluding hydrogens is 556 g/mol. The van der Waals surface area contributed by atoms with Crippen LogP contribution in [0.15, 0.2) is 51.4 Å².